The van der Waals surface area contributed by atoms with Crippen molar-refractivity contribution < 1.29 is 4.42 Å². The number of hydrogen-bond acceptors (Lipinski definition) is 2. The van der Waals surface area contributed by atoms with Crippen LogP contribution in [0.4, 0.5) is 0 Å². The summed E-state index contributed by atoms with van der Waals surface area (Å²) < 4.78 is 5.55. The molecule has 2 rings (SSSR count). The molecule has 0 bridgehead atoms. The molecule has 1 aromatic heterocycles. The van der Waals surface area contributed by atoms with Gasteiger partial charge in [0.1, 0.15) is 5.76 Å². The molecule has 0 radical (unpaired) electrons. The summed E-state index contributed by atoms with van der Waals surface area (Å²) in [5.41, 5.74) is 0.502. The zero-order valence-electron chi connectivity index (χ0n) is 11.9. The Kier molecular flexibility index (Phi) is 4.87. The molecule has 102 valence electrons. The van der Waals surface area contributed by atoms with E-state index in [0.717, 1.165) is 18.7 Å². The normalized spacial score (nSPS) is 20.1. The molecule has 1 unspecified atom stereocenters. The third-order valence-corrected chi connectivity index (χ3v) is 4.67. The Balaban J connectivity index is 2.07. The first-order valence-electron chi connectivity index (χ1n) is 7.56. The lowest BCUT2D eigenvalue weighted by molar-refractivity contribution is 0.178. The van der Waals surface area contributed by atoms with E-state index in [0.29, 0.717) is 11.5 Å². The third-order valence-electron chi connectivity index (χ3n) is 4.67. The molecular formula is C16H27NO. The standard InChI is InChI=1S/C16H27NO/c1-3-11-17-15(13-14-8-7-12-18-14)16(4-2)9-5-6-10-16/h7-8,12,15,17H,3-6,9-11,13H2,1-2H3. The molecule has 1 heterocycles. The van der Waals surface area contributed by atoms with Crippen LogP contribution in [0.2, 0.25) is 0 Å². The van der Waals surface area contributed by atoms with Crippen LogP contribution in [0.25, 0.3) is 0 Å². The summed E-state index contributed by atoms with van der Waals surface area (Å²) in [4.78, 5) is 0. The molecular weight excluding hydrogens is 222 g/mol. The number of furan rings is 1. The highest BCUT2D eigenvalue weighted by Gasteiger charge is 2.39. The molecule has 0 aliphatic heterocycles. The minimum absolute atomic E-state index is 0.502. The molecule has 1 atom stereocenters. The van der Waals surface area contributed by atoms with E-state index in [9.17, 15) is 0 Å². The lowest BCUT2D eigenvalue weighted by Crippen LogP contribution is -2.45. The highest BCUT2D eigenvalue weighted by molar-refractivity contribution is 5.05. The van der Waals surface area contributed by atoms with Gasteiger partial charge in [0.2, 0.25) is 0 Å². The monoisotopic (exact) mass is 249 g/mol. The molecule has 0 saturated heterocycles. The van der Waals surface area contributed by atoms with Crippen molar-refractivity contribution in [3.05, 3.63) is 24.2 Å². The average molecular weight is 249 g/mol. The maximum Gasteiger partial charge on any atom is 0.105 e. The second-order valence-corrected chi connectivity index (χ2v) is 5.71. The minimum atomic E-state index is 0.502. The van der Waals surface area contributed by atoms with Crippen molar-refractivity contribution in [3.8, 4) is 0 Å². The van der Waals surface area contributed by atoms with Crippen LogP contribution in [0.5, 0.6) is 0 Å². The minimum Gasteiger partial charge on any atom is -0.469 e. The summed E-state index contributed by atoms with van der Waals surface area (Å²) in [6.07, 6.45) is 10.9. The molecule has 1 N–H and O–H groups in total. The largest absolute Gasteiger partial charge is 0.469 e. The predicted octanol–water partition coefficient (Wildman–Crippen LogP) is 4.16. The molecule has 1 saturated carbocycles. The molecule has 0 aromatic carbocycles. The van der Waals surface area contributed by atoms with Crippen LogP contribution >= 0.6 is 0 Å². The van der Waals surface area contributed by atoms with Gasteiger partial charge in [-0.25, -0.2) is 0 Å². The van der Waals surface area contributed by atoms with Crippen molar-refractivity contribution in [1.29, 1.82) is 0 Å². The van der Waals surface area contributed by atoms with Crippen molar-refractivity contribution >= 4 is 0 Å². The van der Waals surface area contributed by atoms with E-state index in [4.69, 9.17) is 4.42 Å². The van der Waals surface area contributed by atoms with E-state index in [1.165, 1.54) is 38.5 Å². The van der Waals surface area contributed by atoms with Crippen LogP contribution in [0, 0.1) is 5.41 Å². The van der Waals surface area contributed by atoms with Crippen molar-refractivity contribution in [1.82, 2.24) is 5.32 Å². The van der Waals surface area contributed by atoms with Gasteiger partial charge in [0.15, 0.2) is 0 Å². The first-order valence-corrected chi connectivity index (χ1v) is 7.56. The van der Waals surface area contributed by atoms with E-state index in [2.05, 4.69) is 25.2 Å². The predicted molar refractivity (Wildman–Crippen MR) is 75.7 cm³/mol. The van der Waals surface area contributed by atoms with E-state index in [1.807, 2.05) is 6.07 Å². The van der Waals surface area contributed by atoms with Gasteiger partial charge >= 0.3 is 0 Å². The molecule has 1 aromatic rings. The van der Waals surface area contributed by atoms with Crippen molar-refractivity contribution in [2.45, 2.75) is 64.8 Å². The molecule has 1 aliphatic carbocycles. The van der Waals surface area contributed by atoms with Crippen LogP contribution in [-0.2, 0) is 6.42 Å². The van der Waals surface area contributed by atoms with Gasteiger partial charge in [-0.1, -0.05) is 26.7 Å². The van der Waals surface area contributed by atoms with Crippen molar-refractivity contribution in [3.63, 3.8) is 0 Å². The van der Waals surface area contributed by atoms with Gasteiger partial charge in [-0.15, -0.1) is 0 Å². The first-order chi connectivity index (χ1) is 8.80. The fourth-order valence-corrected chi connectivity index (χ4v) is 3.48. The van der Waals surface area contributed by atoms with Gasteiger partial charge in [-0.2, -0.15) is 0 Å². The van der Waals surface area contributed by atoms with Crippen LogP contribution in [0.3, 0.4) is 0 Å². The highest BCUT2D eigenvalue weighted by atomic mass is 16.3. The lowest BCUT2D eigenvalue weighted by atomic mass is 9.74. The smallest absolute Gasteiger partial charge is 0.105 e. The molecule has 1 aliphatic rings. The lowest BCUT2D eigenvalue weighted by Gasteiger charge is -2.37. The second kappa shape index (κ2) is 6.42. The van der Waals surface area contributed by atoms with Crippen LogP contribution in [-0.4, -0.2) is 12.6 Å². The number of rotatable bonds is 7. The Morgan fingerprint density at radius 3 is 2.67 bits per heavy atom. The fraction of sp³-hybridized carbons (Fsp3) is 0.750. The van der Waals surface area contributed by atoms with E-state index >= 15 is 0 Å². The maximum absolute atomic E-state index is 5.55. The van der Waals surface area contributed by atoms with E-state index in [1.54, 1.807) is 6.26 Å². The van der Waals surface area contributed by atoms with Gasteiger partial charge in [-0.3, -0.25) is 0 Å². The number of nitrogens with one attached hydrogen (secondary N) is 1. The molecule has 1 fully saturated rings. The van der Waals surface area contributed by atoms with Gasteiger partial charge in [0.05, 0.1) is 6.26 Å². The third kappa shape index (κ3) is 2.97. The Labute approximate surface area is 111 Å². The zero-order valence-corrected chi connectivity index (χ0v) is 11.9. The topological polar surface area (TPSA) is 25.2 Å². The molecule has 0 spiro atoms. The summed E-state index contributed by atoms with van der Waals surface area (Å²) >= 11 is 0. The van der Waals surface area contributed by atoms with Gasteiger partial charge in [-0.05, 0) is 49.8 Å². The van der Waals surface area contributed by atoms with E-state index < -0.39 is 0 Å². The van der Waals surface area contributed by atoms with Gasteiger partial charge in [0.25, 0.3) is 0 Å². The SMILES string of the molecule is CCCNC(Cc1ccco1)C1(CC)CCCC1. The Bertz CT molecular complexity index is 325. The van der Waals surface area contributed by atoms with Crippen molar-refractivity contribution in [2.75, 3.05) is 6.54 Å². The molecule has 18 heavy (non-hydrogen) atoms. The van der Waals surface area contributed by atoms with E-state index in [-0.39, 0.29) is 0 Å². The zero-order chi connectivity index (χ0) is 12.8. The van der Waals surface area contributed by atoms with Crippen molar-refractivity contribution in [2.24, 2.45) is 5.41 Å². The fourth-order valence-electron chi connectivity index (χ4n) is 3.48. The maximum atomic E-state index is 5.55. The molecule has 2 heteroatoms. The molecule has 2 nitrogen and oxygen atoms in total. The van der Waals surface area contributed by atoms with Gasteiger partial charge in [0, 0.05) is 12.5 Å². The Morgan fingerprint density at radius 1 is 1.33 bits per heavy atom. The Hall–Kier alpha value is -0.760. The van der Waals surface area contributed by atoms with Crippen LogP contribution in [0.1, 0.15) is 58.1 Å². The van der Waals surface area contributed by atoms with Crippen LogP contribution in [0.15, 0.2) is 22.8 Å². The number of hydrogen-bond donors (Lipinski definition) is 1. The average Bonchev–Trinajstić information content (AvgIpc) is 3.05. The second-order valence-electron chi connectivity index (χ2n) is 5.71. The summed E-state index contributed by atoms with van der Waals surface area (Å²) in [6, 6.07) is 4.69. The van der Waals surface area contributed by atoms with Gasteiger partial charge < -0.3 is 9.73 Å². The quantitative estimate of drug-likeness (QED) is 0.785. The highest BCUT2D eigenvalue weighted by Crippen LogP contribution is 2.44. The van der Waals surface area contributed by atoms with Crippen LogP contribution < -0.4 is 5.32 Å². The first kappa shape index (κ1) is 13.7. The Morgan fingerprint density at radius 2 is 2.11 bits per heavy atom. The molecule has 0 amide bonds. The summed E-state index contributed by atoms with van der Waals surface area (Å²) in [5, 5.41) is 3.78. The summed E-state index contributed by atoms with van der Waals surface area (Å²) in [7, 11) is 0. The summed E-state index contributed by atoms with van der Waals surface area (Å²) in [6.45, 7) is 5.71. The summed E-state index contributed by atoms with van der Waals surface area (Å²) in [5.74, 6) is 1.13.